The normalized spacial score (nSPS) is 20.9. The van der Waals surface area contributed by atoms with Crippen LogP contribution in [-0.2, 0) is 4.74 Å². The molecule has 6 N–H and O–H groups in total. The number of anilines is 1. The lowest BCUT2D eigenvalue weighted by Gasteiger charge is -2.34. The maximum Gasteiger partial charge on any atom is 0.354 e. The number of nitrogens with zero attached hydrogens (tertiary/aromatic N) is 4. The van der Waals surface area contributed by atoms with Crippen LogP contribution in [0.4, 0.5) is 5.69 Å². The van der Waals surface area contributed by atoms with E-state index in [1.165, 1.54) is 0 Å². The fourth-order valence-corrected chi connectivity index (χ4v) is 4.63. The Bertz CT molecular complexity index is 1190. The predicted octanol–water partition coefficient (Wildman–Crippen LogP) is 0.659. The summed E-state index contributed by atoms with van der Waals surface area (Å²) in [4.78, 5) is 26.6. The van der Waals surface area contributed by atoms with Crippen LogP contribution in [0.5, 0.6) is 0 Å². The van der Waals surface area contributed by atoms with Crippen LogP contribution in [-0.4, -0.2) is 65.9 Å². The van der Waals surface area contributed by atoms with Crippen molar-refractivity contribution in [3.63, 3.8) is 0 Å². The summed E-state index contributed by atoms with van der Waals surface area (Å²) in [6.45, 7) is 4.77. The van der Waals surface area contributed by atoms with Crippen LogP contribution in [0, 0.1) is 0 Å². The summed E-state index contributed by atoms with van der Waals surface area (Å²) in [6, 6.07) is 10.1. The van der Waals surface area contributed by atoms with Crippen LogP contribution in [0.1, 0.15) is 24.5 Å². The number of aromatic amines is 1. The fourth-order valence-electron chi connectivity index (χ4n) is 4.63. The van der Waals surface area contributed by atoms with E-state index in [1.807, 2.05) is 30.5 Å². The van der Waals surface area contributed by atoms with Gasteiger partial charge in [-0.3, -0.25) is 9.56 Å². The smallest absolute Gasteiger partial charge is 0.354 e. The third-order valence-electron chi connectivity index (χ3n) is 6.41. The minimum Gasteiger partial charge on any atom is -0.374 e. The van der Waals surface area contributed by atoms with Gasteiger partial charge < -0.3 is 31.4 Å². The quantitative estimate of drug-likeness (QED) is 0.319. The molecular weight excluding hydrogens is 420 g/mol. The molecule has 2 aliphatic heterocycles. The van der Waals surface area contributed by atoms with E-state index in [1.54, 1.807) is 4.57 Å². The van der Waals surface area contributed by atoms with Gasteiger partial charge in [0.25, 0.3) is 0 Å². The Morgan fingerprint density at radius 3 is 2.82 bits per heavy atom. The van der Waals surface area contributed by atoms with Crippen molar-refractivity contribution >= 4 is 22.7 Å². The summed E-state index contributed by atoms with van der Waals surface area (Å²) < 4.78 is 7.45. The molecule has 10 nitrogen and oxygen atoms in total. The Hall–Kier alpha value is -3.37. The van der Waals surface area contributed by atoms with Crippen molar-refractivity contribution in [3.8, 4) is 5.69 Å². The Kier molecular flexibility index (Phi) is 6.01. The van der Waals surface area contributed by atoms with Gasteiger partial charge in [0, 0.05) is 55.1 Å². The van der Waals surface area contributed by atoms with Crippen LogP contribution in [0.15, 0.2) is 46.3 Å². The molecule has 2 aliphatic rings. The van der Waals surface area contributed by atoms with Gasteiger partial charge in [-0.15, -0.1) is 0 Å². The highest BCUT2D eigenvalue weighted by atomic mass is 16.5. The first kappa shape index (κ1) is 21.5. The molecule has 2 fully saturated rings. The molecule has 2 saturated heterocycles. The van der Waals surface area contributed by atoms with Gasteiger partial charge >= 0.3 is 5.69 Å². The number of aliphatic imine (C=N–C) groups is 1. The van der Waals surface area contributed by atoms with Crippen molar-refractivity contribution in [1.29, 1.82) is 0 Å². The molecule has 0 radical (unpaired) electrons. The minimum absolute atomic E-state index is 0.0774. The number of benzene rings is 1. The largest absolute Gasteiger partial charge is 0.374 e. The summed E-state index contributed by atoms with van der Waals surface area (Å²) in [5.74, 6) is 0.548. The van der Waals surface area contributed by atoms with Gasteiger partial charge in [-0.2, -0.15) is 4.98 Å². The zero-order valence-corrected chi connectivity index (χ0v) is 18.5. The Morgan fingerprint density at radius 1 is 1.24 bits per heavy atom. The van der Waals surface area contributed by atoms with Gasteiger partial charge in [0.05, 0.1) is 18.4 Å². The first-order chi connectivity index (χ1) is 16.1. The second-order valence-electron chi connectivity index (χ2n) is 8.66. The predicted molar refractivity (Wildman–Crippen MR) is 129 cm³/mol. The molecule has 0 spiro atoms. The summed E-state index contributed by atoms with van der Waals surface area (Å²) in [5.41, 5.74) is 14.2. The first-order valence-corrected chi connectivity index (χ1v) is 11.4. The van der Waals surface area contributed by atoms with Gasteiger partial charge in [-0.05, 0) is 49.7 Å². The van der Waals surface area contributed by atoms with Crippen molar-refractivity contribution < 1.29 is 4.74 Å². The van der Waals surface area contributed by atoms with E-state index in [2.05, 4.69) is 31.2 Å². The molecule has 3 aromatic rings. The number of hydrogen-bond acceptors (Lipinski definition) is 6. The van der Waals surface area contributed by atoms with E-state index >= 15 is 0 Å². The van der Waals surface area contributed by atoms with Crippen molar-refractivity contribution in [2.24, 2.45) is 16.5 Å². The van der Waals surface area contributed by atoms with E-state index in [-0.39, 0.29) is 17.8 Å². The van der Waals surface area contributed by atoms with Crippen LogP contribution >= 0.6 is 0 Å². The zero-order valence-electron chi connectivity index (χ0n) is 18.5. The summed E-state index contributed by atoms with van der Waals surface area (Å²) >= 11 is 0. The number of ether oxygens (including phenoxy) is 1. The highest BCUT2D eigenvalue weighted by Gasteiger charge is 2.21. The number of guanidine groups is 1. The highest BCUT2D eigenvalue weighted by molar-refractivity contribution is 5.76. The monoisotopic (exact) mass is 450 g/mol. The summed E-state index contributed by atoms with van der Waals surface area (Å²) in [7, 11) is 0. The summed E-state index contributed by atoms with van der Waals surface area (Å²) in [5, 5.41) is 4.32. The molecule has 0 bridgehead atoms. The molecule has 2 atom stereocenters. The van der Waals surface area contributed by atoms with E-state index in [0.717, 1.165) is 61.5 Å². The maximum absolute atomic E-state index is 12.7. The fraction of sp³-hybridized carbons (Fsp3) is 0.435. The van der Waals surface area contributed by atoms with Crippen LogP contribution in [0.3, 0.4) is 0 Å². The van der Waals surface area contributed by atoms with Crippen LogP contribution in [0.25, 0.3) is 16.7 Å². The highest BCUT2D eigenvalue weighted by Crippen LogP contribution is 2.25. The van der Waals surface area contributed by atoms with Crippen molar-refractivity contribution in [2.75, 3.05) is 44.2 Å². The topological polar surface area (TPSA) is 140 Å². The number of aromatic nitrogens is 3. The Labute approximate surface area is 191 Å². The van der Waals surface area contributed by atoms with Crippen LogP contribution in [0.2, 0.25) is 0 Å². The standard InChI is InChI=1S/C23H30N8O2/c24-22(25)27-8-6-19-14-30(9-10-33-19)17-1-3-18(4-2-17)31-13-16-11-20(15-5-7-26-12-15)28-21(16)29-23(31)32/h1-4,11,13,15,19,26H,5-10,12,14H2,(H4,24,25,27)(H,28,29,32)/t15-,19-/m1/s1. The maximum atomic E-state index is 12.7. The average molecular weight is 451 g/mol. The average Bonchev–Trinajstić information content (AvgIpc) is 3.48. The number of morpholine rings is 1. The Morgan fingerprint density at radius 2 is 2.06 bits per heavy atom. The molecule has 0 aliphatic carbocycles. The van der Waals surface area contributed by atoms with Crippen molar-refractivity contribution in [1.82, 2.24) is 19.9 Å². The SMILES string of the molecule is NC(N)=NCC[C@@H]1CN(c2ccc(-n3cc4cc([C@@H]5CCNC5)[nH]c4nc3=O)cc2)CCO1. The van der Waals surface area contributed by atoms with Gasteiger partial charge in [0.2, 0.25) is 0 Å². The second-order valence-corrected chi connectivity index (χ2v) is 8.66. The summed E-state index contributed by atoms with van der Waals surface area (Å²) in [6.07, 6.45) is 3.81. The third kappa shape index (κ3) is 4.71. The molecule has 2 aromatic heterocycles. The van der Waals surface area contributed by atoms with Crippen molar-refractivity contribution in [3.05, 3.63) is 52.7 Å². The van der Waals surface area contributed by atoms with Gasteiger partial charge in [-0.25, -0.2) is 4.79 Å². The molecule has 4 heterocycles. The molecule has 0 saturated carbocycles. The number of H-pyrrole nitrogens is 1. The van der Waals surface area contributed by atoms with Gasteiger partial charge in [0.1, 0.15) is 5.65 Å². The number of nitrogens with one attached hydrogen (secondary N) is 2. The molecule has 174 valence electrons. The first-order valence-electron chi connectivity index (χ1n) is 11.4. The van der Waals surface area contributed by atoms with Crippen LogP contribution < -0.4 is 27.4 Å². The lowest BCUT2D eigenvalue weighted by Crippen LogP contribution is -2.42. The minimum atomic E-state index is -0.292. The molecule has 0 amide bonds. The molecule has 10 heteroatoms. The van der Waals surface area contributed by atoms with Gasteiger partial charge in [0.15, 0.2) is 5.96 Å². The number of fused-ring (bicyclic) bond motifs is 1. The molecule has 0 unspecified atom stereocenters. The molecular formula is C23H30N8O2. The lowest BCUT2D eigenvalue weighted by molar-refractivity contribution is 0.0369. The van der Waals surface area contributed by atoms with E-state index in [4.69, 9.17) is 16.2 Å². The molecule has 5 rings (SSSR count). The zero-order chi connectivity index (χ0) is 22.8. The number of nitrogens with two attached hydrogens (primary N) is 2. The Balaban J connectivity index is 1.32. The lowest BCUT2D eigenvalue weighted by atomic mass is 10.1. The molecule has 33 heavy (non-hydrogen) atoms. The second kappa shape index (κ2) is 9.24. The van der Waals surface area contributed by atoms with E-state index in [0.29, 0.717) is 24.7 Å². The number of rotatable bonds is 6. The number of hydrogen-bond donors (Lipinski definition) is 4. The molecule has 1 aromatic carbocycles. The van der Waals surface area contributed by atoms with Gasteiger partial charge in [-0.1, -0.05) is 0 Å². The van der Waals surface area contributed by atoms with Crippen molar-refractivity contribution in [2.45, 2.75) is 24.9 Å². The van der Waals surface area contributed by atoms with E-state index < -0.39 is 0 Å². The van der Waals surface area contributed by atoms with E-state index in [9.17, 15) is 4.79 Å². The third-order valence-corrected chi connectivity index (χ3v) is 6.41.